The number of hydrogen-bond donors (Lipinski definition) is 1. The molecule has 0 aliphatic carbocycles. The van der Waals surface area contributed by atoms with Crippen LogP contribution in [0.2, 0.25) is 0 Å². The van der Waals surface area contributed by atoms with Gasteiger partial charge in [-0.1, -0.05) is 12.1 Å². The highest BCUT2D eigenvalue weighted by molar-refractivity contribution is 5.78. The zero-order valence-corrected chi connectivity index (χ0v) is 18.6. The molecule has 1 fully saturated rings. The minimum Gasteiger partial charge on any atom is -0.369 e. The van der Waals surface area contributed by atoms with Crippen LogP contribution in [0.3, 0.4) is 0 Å². The third-order valence-electron chi connectivity index (χ3n) is 5.78. The van der Waals surface area contributed by atoms with E-state index in [1.54, 1.807) is 36.9 Å². The summed E-state index contributed by atoms with van der Waals surface area (Å²) in [6.07, 6.45) is 4.71. The fourth-order valence-corrected chi connectivity index (χ4v) is 4.12. The summed E-state index contributed by atoms with van der Waals surface area (Å²) in [7, 11) is 0. The van der Waals surface area contributed by atoms with Gasteiger partial charge in [0.05, 0.1) is 5.69 Å². The SMILES string of the molecule is FC(F)Cn1cc(-c2ccnc(Cc3ccc(N4CCNCC4)cc3)n2)c(-c2cccnc2)n1. The predicted octanol–water partition coefficient (Wildman–Crippen LogP) is 3.67. The van der Waals surface area contributed by atoms with Gasteiger partial charge in [0, 0.05) is 74.2 Å². The molecule has 0 spiro atoms. The van der Waals surface area contributed by atoms with E-state index >= 15 is 0 Å². The summed E-state index contributed by atoms with van der Waals surface area (Å²) in [6, 6.07) is 13.9. The first-order chi connectivity index (χ1) is 16.7. The van der Waals surface area contributed by atoms with Gasteiger partial charge in [-0.05, 0) is 35.9 Å². The number of hydrogen-bond acceptors (Lipinski definition) is 6. The van der Waals surface area contributed by atoms with Crippen molar-refractivity contribution in [2.45, 2.75) is 19.4 Å². The van der Waals surface area contributed by atoms with E-state index in [-0.39, 0.29) is 0 Å². The van der Waals surface area contributed by atoms with Gasteiger partial charge in [0.1, 0.15) is 18.1 Å². The lowest BCUT2D eigenvalue weighted by atomic mass is 10.1. The summed E-state index contributed by atoms with van der Waals surface area (Å²) in [5, 5.41) is 7.76. The normalized spacial score (nSPS) is 14.0. The van der Waals surface area contributed by atoms with Gasteiger partial charge < -0.3 is 10.2 Å². The van der Waals surface area contributed by atoms with Crippen LogP contribution >= 0.6 is 0 Å². The van der Waals surface area contributed by atoms with Gasteiger partial charge in [-0.15, -0.1) is 0 Å². The monoisotopic (exact) mass is 461 g/mol. The molecule has 0 unspecified atom stereocenters. The third kappa shape index (κ3) is 5.09. The quantitative estimate of drug-likeness (QED) is 0.453. The molecule has 0 radical (unpaired) electrons. The number of piperazine rings is 1. The van der Waals surface area contributed by atoms with Gasteiger partial charge in [0.2, 0.25) is 0 Å². The number of nitrogens with one attached hydrogen (secondary N) is 1. The Hall–Kier alpha value is -3.72. The molecule has 1 aromatic carbocycles. The van der Waals surface area contributed by atoms with E-state index in [2.05, 4.69) is 49.5 Å². The van der Waals surface area contributed by atoms with Crippen molar-refractivity contribution in [1.82, 2.24) is 30.0 Å². The Labute approximate surface area is 196 Å². The molecular weight excluding hydrogens is 436 g/mol. The molecule has 0 bridgehead atoms. The van der Waals surface area contributed by atoms with Crippen LogP contribution in [0.15, 0.2) is 67.3 Å². The molecule has 0 atom stereocenters. The molecule has 9 heteroatoms. The summed E-state index contributed by atoms with van der Waals surface area (Å²) < 4.78 is 27.3. The van der Waals surface area contributed by atoms with Crippen molar-refractivity contribution in [2.24, 2.45) is 0 Å². The van der Waals surface area contributed by atoms with E-state index in [0.29, 0.717) is 29.2 Å². The lowest BCUT2D eigenvalue weighted by Gasteiger charge is -2.29. The second-order valence-corrected chi connectivity index (χ2v) is 8.18. The summed E-state index contributed by atoms with van der Waals surface area (Å²) >= 11 is 0. The first-order valence-corrected chi connectivity index (χ1v) is 11.3. The van der Waals surface area contributed by atoms with Gasteiger partial charge >= 0.3 is 0 Å². The summed E-state index contributed by atoms with van der Waals surface area (Å²) in [4.78, 5) is 15.7. The minimum atomic E-state index is -2.50. The number of alkyl halides is 2. The fourth-order valence-electron chi connectivity index (χ4n) is 4.12. The molecule has 5 rings (SSSR count). The van der Waals surface area contributed by atoms with Gasteiger partial charge in [-0.25, -0.2) is 18.7 Å². The van der Waals surface area contributed by atoms with E-state index in [9.17, 15) is 8.78 Å². The molecule has 7 nitrogen and oxygen atoms in total. The molecular formula is C25H25F2N7. The number of aromatic nitrogens is 5. The van der Waals surface area contributed by atoms with Crippen LogP contribution in [0.4, 0.5) is 14.5 Å². The van der Waals surface area contributed by atoms with Crippen LogP contribution in [0.1, 0.15) is 11.4 Å². The van der Waals surface area contributed by atoms with E-state index in [0.717, 1.165) is 37.3 Å². The van der Waals surface area contributed by atoms with Crippen molar-refractivity contribution >= 4 is 5.69 Å². The van der Waals surface area contributed by atoms with E-state index < -0.39 is 13.0 Å². The Kier molecular flexibility index (Phi) is 6.53. The number of anilines is 1. The lowest BCUT2D eigenvalue weighted by molar-refractivity contribution is 0.122. The summed E-state index contributed by atoms with van der Waals surface area (Å²) in [5.74, 6) is 0.658. The Morgan fingerprint density at radius 3 is 2.56 bits per heavy atom. The zero-order valence-electron chi connectivity index (χ0n) is 18.6. The van der Waals surface area contributed by atoms with Crippen molar-refractivity contribution in [1.29, 1.82) is 0 Å². The van der Waals surface area contributed by atoms with Crippen molar-refractivity contribution < 1.29 is 8.78 Å². The van der Waals surface area contributed by atoms with Crippen LogP contribution in [-0.4, -0.2) is 57.3 Å². The van der Waals surface area contributed by atoms with Gasteiger partial charge in [0.25, 0.3) is 6.43 Å². The zero-order chi connectivity index (χ0) is 23.3. The molecule has 1 saturated heterocycles. The van der Waals surface area contributed by atoms with Crippen LogP contribution in [-0.2, 0) is 13.0 Å². The molecule has 0 saturated carbocycles. The maximum absolute atomic E-state index is 13.0. The molecule has 4 aromatic rings. The molecule has 1 N–H and O–H groups in total. The summed E-state index contributed by atoms with van der Waals surface area (Å²) in [5.41, 5.74) is 4.95. The number of rotatable bonds is 7. The smallest absolute Gasteiger partial charge is 0.257 e. The molecule has 3 aromatic heterocycles. The van der Waals surface area contributed by atoms with Crippen LogP contribution < -0.4 is 10.2 Å². The standard InChI is InChI=1S/C25H25F2N7/c26-23(27)17-34-16-21(25(32-34)19-2-1-8-29-15-19)22-7-9-30-24(31-22)14-18-3-5-20(6-4-18)33-12-10-28-11-13-33/h1-9,15-16,23,28H,10-14,17H2. The van der Waals surface area contributed by atoms with Gasteiger partial charge in [-0.3, -0.25) is 9.67 Å². The van der Waals surface area contributed by atoms with Crippen molar-refractivity contribution in [3.8, 4) is 22.5 Å². The Morgan fingerprint density at radius 1 is 1.00 bits per heavy atom. The second kappa shape index (κ2) is 10.0. The maximum Gasteiger partial charge on any atom is 0.257 e. The topological polar surface area (TPSA) is 71.8 Å². The highest BCUT2D eigenvalue weighted by Crippen LogP contribution is 2.30. The number of benzene rings is 1. The molecule has 34 heavy (non-hydrogen) atoms. The second-order valence-electron chi connectivity index (χ2n) is 8.18. The maximum atomic E-state index is 13.0. The Morgan fingerprint density at radius 2 is 1.82 bits per heavy atom. The molecule has 1 aliphatic heterocycles. The third-order valence-corrected chi connectivity index (χ3v) is 5.78. The van der Waals surface area contributed by atoms with Gasteiger partial charge in [0.15, 0.2) is 0 Å². The van der Waals surface area contributed by atoms with Gasteiger partial charge in [-0.2, -0.15) is 5.10 Å². The number of halogens is 2. The average molecular weight is 462 g/mol. The molecule has 4 heterocycles. The molecule has 1 aliphatic rings. The van der Waals surface area contributed by atoms with E-state index in [4.69, 9.17) is 4.98 Å². The van der Waals surface area contributed by atoms with Crippen molar-refractivity contribution in [2.75, 3.05) is 31.1 Å². The first-order valence-electron chi connectivity index (χ1n) is 11.3. The Bertz CT molecular complexity index is 1220. The highest BCUT2D eigenvalue weighted by Gasteiger charge is 2.17. The van der Waals surface area contributed by atoms with Crippen molar-refractivity contribution in [3.05, 3.63) is 78.6 Å². The largest absolute Gasteiger partial charge is 0.369 e. The average Bonchev–Trinajstić information content (AvgIpc) is 3.29. The van der Waals surface area contributed by atoms with Crippen LogP contribution in [0.5, 0.6) is 0 Å². The fraction of sp³-hybridized carbons (Fsp3) is 0.280. The molecule has 0 amide bonds. The summed E-state index contributed by atoms with van der Waals surface area (Å²) in [6.45, 7) is 3.52. The lowest BCUT2D eigenvalue weighted by Crippen LogP contribution is -2.43. The van der Waals surface area contributed by atoms with E-state index in [1.165, 1.54) is 10.4 Å². The first kappa shape index (κ1) is 22.1. The van der Waals surface area contributed by atoms with E-state index in [1.807, 2.05) is 6.07 Å². The van der Waals surface area contributed by atoms with Crippen LogP contribution in [0, 0.1) is 0 Å². The van der Waals surface area contributed by atoms with Crippen LogP contribution in [0.25, 0.3) is 22.5 Å². The Balaban J connectivity index is 1.40. The highest BCUT2D eigenvalue weighted by atomic mass is 19.3. The molecule has 174 valence electrons. The predicted molar refractivity (Wildman–Crippen MR) is 127 cm³/mol. The number of nitrogens with zero attached hydrogens (tertiary/aromatic N) is 6. The number of pyridine rings is 1. The minimum absolute atomic E-state index is 0.482. The van der Waals surface area contributed by atoms with Crippen molar-refractivity contribution in [3.63, 3.8) is 0 Å².